The summed E-state index contributed by atoms with van der Waals surface area (Å²) in [6.45, 7) is 3.54. The molecular formula is C19H18FN3O2S. The highest BCUT2D eigenvalue weighted by molar-refractivity contribution is 7.13. The minimum atomic E-state index is -0.333. The van der Waals surface area contributed by atoms with E-state index in [1.165, 1.54) is 24.3 Å². The van der Waals surface area contributed by atoms with Crippen molar-refractivity contribution in [2.75, 3.05) is 26.2 Å². The molecule has 1 aliphatic rings. The molecule has 3 aromatic rings. The molecule has 1 amide bonds. The van der Waals surface area contributed by atoms with Crippen molar-refractivity contribution in [3.05, 3.63) is 65.1 Å². The van der Waals surface area contributed by atoms with Crippen molar-refractivity contribution < 1.29 is 13.6 Å². The Kier molecular flexibility index (Phi) is 4.81. The number of hydrogen-bond acceptors (Lipinski definition) is 5. The molecule has 1 fully saturated rings. The van der Waals surface area contributed by atoms with Crippen LogP contribution in [0.15, 0.2) is 52.5 Å². The Labute approximate surface area is 154 Å². The summed E-state index contributed by atoms with van der Waals surface area (Å²) in [6.07, 6.45) is 1.70. The number of amides is 1. The lowest BCUT2D eigenvalue weighted by Crippen LogP contribution is -2.48. The molecule has 26 heavy (non-hydrogen) atoms. The van der Waals surface area contributed by atoms with Gasteiger partial charge in [-0.2, -0.15) is 0 Å². The number of aromatic nitrogens is 1. The van der Waals surface area contributed by atoms with Gasteiger partial charge in [-0.3, -0.25) is 9.69 Å². The zero-order valence-corrected chi connectivity index (χ0v) is 14.9. The molecule has 0 bridgehead atoms. The minimum absolute atomic E-state index is 0.0499. The highest BCUT2D eigenvalue weighted by atomic mass is 32.1. The van der Waals surface area contributed by atoms with Crippen LogP contribution in [-0.2, 0) is 6.54 Å². The summed E-state index contributed by atoms with van der Waals surface area (Å²) in [6, 6.07) is 9.66. The lowest BCUT2D eigenvalue weighted by Gasteiger charge is -2.34. The van der Waals surface area contributed by atoms with E-state index in [2.05, 4.69) is 9.88 Å². The zero-order valence-electron chi connectivity index (χ0n) is 14.1. The number of carbonyl (C=O) groups is 1. The summed E-state index contributed by atoms with van der Waals surface area (Å²) < 4.78 is 18.6. The second-order valence-corrected chi connectivity index (χ2v) is 7.14. The maximum Gasteiger partial charge on any atom is 0.253 e. The molecule has 5 nitrogen and oxygen atoms in total. The van der Waals surface area contributed by atoms with Crippen molar-refractivity contribution in [1.82, 2.24) is 14.8 Å². The average molecular weight is 371 g/mol. The van der Waals surface area contributed by atoms with E-state index < -0.39 is 0 Å². The second-order valence-electron chi connectivity index (χ2n) is 6.20. The van der Waals surface area contributed by atoms with Gasteiger partial charge in [0, 0.05) is 38.3 Å². The van der Waals surface area contributed by atoms with Gasteiger partial charge in [-0.1, -0.05) is 6.07 Å². The Morgan fingerprint density at radius 3 is 2.62 bits per heavy atom. The Morgan fingerprint density at radius 2 is 1.92 bits per heavy atom. The summed E-state index contributed by atoms with van der Waals surface area (Å²) in [5, 5.41) is 2.00. The molecule has 1 saturated heterocycles. The van der Waals surface area contributed by atoms with Crippen LogP contribution >= 0.6 is 11.3 Å². The molecule has 4 rings (SSSR count). The summed E-state index contributed by atoms with van der Waals surface area (Å²) in [7, 11) is 0. The predicted molar refractivity (Wildman–Crippen MR) is 97.4 cm³/mol. The van der Waals surface area contributed by atoms with Crippen molar-refractivity contribution in [1.29, 1.82) is 0 Å². The molecule has 134 valence electrons. The van der Waals surface area contributed by atoms with Crippen LogP contribution in [0.5, 0.6) is 0 Å². The van der Waals surface area contributed by atoms with E-state index in [-0.39, 0.29) is 11.7 Å². The first-order valence-corrected chi connectivity index (χ1v) is 9.32. The van der Waals surface area contributed by atoms with Crippen molar-refractivity contribution >= 4 is 17.2 Å². The van der Waals surface area contributed by atoms with Crippen molar-refractivity contribution in [3.8, 4) is 10.8 Å². The fraction of sp³-hybridized carbons (Fsp3) is 0.263. The van der Waals surface area contributed by atoms with Gasteiger partial charge < -0.3 is 9.32 Å². The number of benzene rings is 1. The molecule has 7 heteroatoms. The number of thiophene rings is 1. The first kappa shape index (κ1) is 16.9. The van der Waals surface area contributed by atoms with E-state index in [1.54, 1.807) is 17.6 Å². The molecule has 0 atom stereocenters. The van der Waals surface area contributed by atoms with Gasteiger partial charge in [0.15, 0.2) is 0 Å². The SMILES string of the molecule is O=C(c1ccc(F)cc1)N1CCN(Cc2coc(-c3cccs3)n2)CC1. The monoisotopic (exact) mass is 371 g/mol. The fourth-order valence-corrected chi connectivity index (χ4v) is 3.66. The molecule has 2 aromatic heterocycles. The maximum atomic E-state index is 13.0. The van der Waals surface area contributed by atoms with Gasteiger partial charge in [-0.05, 0) is 35.7 Å². The van der Waals surface area contributed by atoms with Gasteiger partial charge in [-0.15, -0.1) is 11.3 Å². The summed E-state index contributed by atoms with van der Waals surface area (Å²) >= 11 is 1.60. The maximum absolute atomic E-state index is 13.0. The molecular weight excluding hydrogens is 353 g/mol. The average Bonchev–Trinajstić information content (AvgIpc) is 3.34. The molecule has 0 spiro atoms. The van der Waals surface area contributed by atoms with Crippen LogP contribution in [0, 0.1) is 5.82 Å². The third-order valence-corrected chi connectivity index (χ3v) is 5.28. The summed E-state index contributed by atoms with van der Waals surface area (Å²) in [5.41, 5.74) is 1.42. The normalized spacial score (nSPS) is 15.3. The van der Waals surface area contributed by atoms with Crippen LogP contribution in [0.1, 0.15) is 16.1 Å². The van der Waals surface area contributed by atoms with Crippen LogP contribution in [0.4, 0.5) is 4.39 Å². The molecule has 1 aromatic carbocycles. The van der Waals surface area contributed by atoms with Crippen molar-refractivity contribution in [3.63, 3.8) is 0 Å². The number of piperazine rings is 1. The third kappa shape index (κ3) is 3.68. The lowest BCUT2D eigenvalue weighted by molar-refractivity contribution is 0.0627. The van der Waals surface area contributed by atoms with E-state index in [4.69, 9.17) is 4.42 Å². The van der Waals surface area contributed by atoms with E-state index in [0.717, 1.165) is 23.7 Å². The standard InChI is InChI=1S/C19H18FN3O2S/c20-15-5-3-14(4-6-15)19(24)23-9-7-22(8-10-23)12-16-13-25-18(21-16)17-2-1-11-26-17/h1-6,11,13H,7-10,12H2. The highest BCUT2D eigenvalue weighted by Gasteiger charge is 2.23. The summed E-state index contributed by atoms with van der Waals surface area (Å²) in [5.74, 6) is 0.270. The van der Waals surface area contributed by atoms with Crippen LogP contribution in [0.2, 0.25) is 0 Å². The number of hydrogen-bond donors (Lipinski definition) is 0. The van der Waals surface area contributed by atoms with Crippen LogP contribution < -0.4 is 0 Å². The molecule has 1 aliphatic heterocycles. The van der Waals surface area contributed by atoms with E-state index in [0.29, 0.717) is 31.1 Å². The quantitative estimate of drug-likeness (QED) is 0.704. The molecule has 0 N–H and O–H groups in total. The van der Waals surface area contributed by atoms with Crippen LogP contribution in [0.3, 0.4) is 0 Å². The molecule has 0 aliphatic carbocycles. The largest absolute Gasteiger partial charge is 0.444 e. The number of rotatable bonds is 4. The zero-order chi connectivity index (χ0) is 17.9. The van der Waals surface area contributed by atoms with E-state index in [9.17, 15) is 9.18 Å². The van der Waals surface area contributed by atoms with Gasteiger partial charge in [-0.25, -0.2) is 9.37 Å². The van der Waals surface area contributed by atoms with Crippen molar-refractivity contribution in [2.24, 2.45) is 0 Å². The number of carbonyl (C=O) groups excluding carboxylic acids is 1. The minimum Gasteiger partial charge on any atom is -0.444 e. The first-order valence-electron chi connectivity index (χ1n) is 8.44. The van der Waals surface area contributed by atoms with Gasteiger partial charge >= 0.3 is 0 Å². The predicted octanol–water partition coefficient (Wildman–Crippen LogP) is 3.50. The van der Waals surface area contributed by atoms with Gasteiger partial charge in [0.25, 0.3) is 5.91 Å². The molecule has 0 unspecified atom stereocenters. The van der Waals surface area contributed by atoms with Crippen LogP contribution in [-0.4, -0.2) is 46.9 Å². The Balaban J connectivity index is 1.32. The summed E-state index contributed by atoms with van der Waals surface area (Å²) in [4.78, 5) is 22.1. The lowest BCUT2D eigenvalue weighted by atomic mass is 10.1. The van der Waals surface area contributed by atoms with Gasteiger partial charge in [0.05, 0.1) is 10.6 Å². The number of halogens is 1. The molecule has 3 heterocycles. The first-order chi connectivity index (χ1) is 12.7. The fourth-order valence-electron chi connectivity index (χ4n) is 3.01. The van der Waals surface area contributed by atoms with E-state index >= 15 is 0 Å². The topological polar surface area (TPSA) is 49.6 Å². The number of oxazole rings is 1. The Hall–Kier alpha value is -2.51. The molecule has 0 saturated carbocycles. The Morgan fingerprint density at radius 1 is 1.15 bits per heavy atom. The Bertz CT molecular complexity index is 869. The van der Waals surface area contributed by atoms with Gasteiger partial charge in [0.2, 0.25) is 5.89 Å². The van der Waals surface area contributed by atoms with Crippen LogP contribution in [0.25, 0.3) is 10.8 Å². The number of nitrogens with zero attached hydrogens (tertiary/aromatic N) is 3. The second kappa shape index (κ2) is 7.39. The molecule has 0 radical (unpaired) electrons. The smallest absolute Gasteiger partial charge is 0.253 e. The van der Waals surface area contributed by atoms with Crippen molar-refractivity contribution in [2.45, 2.75) is 6.54 Å². The third-order valence-electron chi connectivity index (χ3n) is 4.42. The van der Waals surface area contributed by atoms with E-state index in [1.807, 2.05) is 22.4 Å². The van der Waals surface area contributed by atoms with Gasteiger partial charge in [0.1, 0.15) is 12.1 Å². The highest BCUT2D eigenvalue weighted by Crippen LogP contribution is 2.24.